The number of aromatic nitrogens is 1. The van der Waals surface area contributed by atoms with Gasteiger partial charge >= 0.3 is 0 Å². The van der Waals surface area contributed by atoms with E-state index in [4.69, 9.17) is 0 Å². The van der Waals surface area contributed by atoms with Crippen LogP contribution in [0.5, 0.6) is 0 Å². The highest BCUT2D eigenvalue weighted by Crippen LogP contribution is 2.17. The van der Waals surface area contributed by atoms with Crippen molar-refractivity contribution in [2.24, 2.45) is 5.92 Å². The van der Waals surface area contributed by atoms with E-state index in [1.54, 1.807) is 30.5 Å². The molecule has 0 aliphatic carbocycles. The summed E-state index contributed by atoms with van der Waals surface area (Å²) in [5.74, 6) is -0.510. The number of rotatable bonds is 6. The van der Waals surface area contributed by atoms with Gasteiger partial charge in [-0.15, -0.1) is 0 Å². The smallest absolute Gasteiger partial charge is 0.251 e. The summed E-state index contributed by atoms with van der Waals surface area (Å²) in [6.07, 6.45) is 2.40. The molecule has 0 aliphatic rings. The Morgan fingerprint density at radius 1 is 1.04 bits per heavy atom. The number of benzene rings is 2. The van der Waals surface area contributed by atoms with Gasteiger partial charge in [0.2, 0.25) is 5.91 Å². The monoisotopic (exact) mass is 361 g/mol. The number of nitrogens with one attached hydrogen (secondary N) is 2. The van der Waals surface area contributed by atoms with Crippen molar-refractivity contribution in [1.82, 2.24) is 10.3 Å². The Morgan fingerprint density at radius 2 is 1.74 bits per heavy atom. The molecule has 138 valence electrons. The highest BCUT2D eigenvalue weighted by molar-refractivity contribution is 6.01. The molecule has 0 radical (unpaired) electrons. The fourth-order valence-corrected chi connectivity index (χ4v) is 2.88. The number of para-hydroxylation sites is 1. The summed E-state index contributed by atoms with van der Waals surface area (Å²) >= 11 is 0. The van der Waals surface area contributed by atoms with E-state index < -0.39 is 6.04 Å². The van der Waals surface area contributed by atoms with Crippen LogP contribution in [0.25, 0.3) is 10.9 Å². The zero-order valence-corrected chi connectivity index (χ0v) is 15.5. The molecule has 3 rings (SSSR count). The third kappa shape index (κ3) is 4.50. The molecule has 2 atom stereocenters. The first-order chi connectivity index (χ1) is 13.1. The van der Waals surface area contributed by atoms with Gasteiger partial charge in [-0.25, -0.2) is 0 Å². The second-order valence-corrected chi connectivity index (χ2v) is 6.61. The number of hydrogen-bond acceptors (Lipinski definition) is 3. The van der Waals surface area contributed by atoms with Crippen LogP contribution in [0.3, 0.4) is 0 Å². The third-order valence-corrected chi connectivity index (χ3v) is 4.68. The van der Waals surface area contributed by atoms with E-state index in [-0.39, 0.29) is 17.7 Å². The van der Waals surface area contributed by atoms with Crippen LogP contribution in [0.2, 0.25) is 0 Å². The van der Waals surface area contributed by atoms with Gasteiger partial charge in [-0.2, -0.15) is 0 Å². The van der Waals surface area contributed by atoms with Crippen LogP contribution in [-0.4, -0.2) is 22.8 Å². The summed E-state index contributed by atoms with van der Waals surface area (Å²) in [5, 5.41) is 6.71. The fourth-order valence-electron chi connectivity index (χ4n) is 2.88. The van der Waals surface area contributed by atoms with E-state index in [9.17, 15) is 9.59 Å². The summed E-state index contributed by atoms with van der Waals surface area (Å²) in [5.41, 5.74) is 2.01. The van der Waals surface area contributed by atoms with Crippen molar-refractivity contribution in [3.05, 3.63) is 72.4 Å². The summed E-state index contributed by atoms with van der Waals surface area (Å²) in [4.78, 5) is 29.7. The van der Waals surface area contributed by atoms with E-state index in [1.165, 1.54) is 0 Å². The Hall–Kier alpha value is -3.21. The molecule has 0 fully saturated rings. The summed E-state index contributed by atoms with van der Waals surface area (Å²) < 4.78 is 0. The molecule has 0 saturated heterocycles. The van der Waals surface area contributed by atoms with Gasteiger partial charge in [0.25, 0.3) is 5.91 Å². The van der Waals surface area contributed by atoms with E-state index in [2.05, 4.69) is 15.6 Å². The maximum atomic E-state index is 12.9. The zero-order valence-electron chi connectivity index (χ0n) is 15.5. The molecule has 1 aromatic heterocycles. The standard InChI is InChI=1S/C22H23N3O2/c1-3-15(2)20(25-21(26)16-9-5-4-6-10-16)22(27)24-18-13-17-11-7-8-12-19(17)23-14-18/h4-15,20H,3H2,1-2H3,(H,24,27)(H,25,26)/t15-,20-/m0/s1. The second kappa shape index (κ2) is 8.45. The predicted octanol–water partition coefficient (Wildman–Crippen LogP) is 4.02. The molecule has 2 aromatic carbocycles. The number of amides is 2. The maximum absolute atomic E-state index is 12.9. The highest BCUT2D eigenvalue weighted by atomic mass is 16.2. The molecule has 0 aliphatic heterocycles. The number of carbonyl (C=O) groups excluding carboxylic acids is 2. The van der Waals surface area contributed by atoms with Crippen molar-refractivity contribution in [2.75, 3.05) is 5.32 Å². The minimum atomic E-state index is -0.630. The van der Waals surface area contributed by atoms with Gasteiger partial charge in [0.05, 0.1) is 17.4 Å². The van der Waals surface area contributed by atoms with Crippen molar-refractivity contribution in [1.29, 1.82) is 0 Å². The lowest BCUT2D eigenvalue weighted by Crippen LogP contribution is -2.47. The lowest BCUT2D eigenvalue weighted by molar-refractivity contribution is -0.119. The van der Waals surface area contributed by atoms with Crippen LogP contribution < -0.4 is 10.6 Å². The summed E-state index contributed by atoms with van der Waals surface area (Å²) in [6.45, 7) is 3.95. The number of hydrogen-bond donors (Lipinski definition) is 2. The van der Waals surface area contributed by atoms with Gasteiger partial charge in [-0.1, -0.05) is 56.7 Å². The van der Waals surface area contributed by atoms with Crippen LogP contribution >= 0.6 is 0 Å². The van der Waals surface area contributed by atoms with Crippen LogP contribution in [-0.2, 0) is 4.79 Å². The molecule has 0 saturated carbocycles. The molecule has 0 bridgehead atoms. The summed E-state index contributed by atoms with van der Waals surface area (Å²) in [6, 6.07) is 17.9. The number of carbonyl (C=O) groups is 2. The quantitative estimate of drug-likeness (QED) is 0.697. The first kappa shape index (κ1) is 18.6. The van der Waals surface area contributed by atoms with E-state index in [0.29, 0.717) is 11.3 Å². The lowest BCUT2D eigenvalue weighted by atomic mass is 9.97. The van der Waals surface area contributed by atoms with Gasteiger partial charge in [-0.3, -0.25) is 14.6 Å². The SMILES string of the molecule is CC[C@H](C)[C@H](NC(=O)c1ccccc1)C(=O)Nc1cnc2ccccc2c1. The average molecular weight is 361 g/mol. The topological polar surface area (TPSA) is 71.1 Å². The minimum Gasteiger partial charge on any atom is -0.340 e. The van der Waals surface area contributed by atoms with Crippen LogP contribution in [0.15, 0.2) is 66.9 Å². The average Bonchev–Trinajstić information content (AvgIpc) is 2.71. The Morgan fingerprint density at radius 3 is 2.48 bits per heavy atom. The van der Waals surface area contributed by atoms with Gasteiger partial charge in [0.15, 0.2) is 0 Å². The first-order valence-electron chi connectivity index (χ1n) is 9.10. The number of anilines is 1. The van der Waals surface area contributed by atoms with Crippen molar-refractivity contribution in [3.8, 4) is 0 Å². The highest BCUT2D eigenvalue weighted by Gasteiger charge is 2.26. The molecule has 0 spiro atoms. The zero-order chi connectivity index (χ0) is 19.2. The van der Waals surface area contributed by atoms with E-state index in [0.717, 1.165) is 17.3 Å². The Labute approximate surface area is 158 Å². The largest absolute Gasteiger partial charge is 0.340 e. The molecule has 2 N–H and O–H groups in total. The van der Waals surface area contributed by atoms with Crippen molar-refractivity contribution >= 4 is 28.4 Å². The molecule has 27 heavy (non-hydrogen) atoms. The number of fused-ring (bicyclic) bond motifs is 1. The van der Waals surface area contributed by atoms with Crippen LogP contribution in [0.4, 0.5) is 5.69 Å². The molecule has 5 nitrogen and oxygen atoms in total. The van der Waals surface area contributed by atoms with Crippen molar-refractivity contribution < 1.29 is 9.59 Å². The molecule has 2 amide bonds. The van der Waals surface area contributed by atoms with Gasteiger partial charge in [0.1, 0.15) is 6.04 Å². The number of pyridine rings is 1. The Kier molecular flexibility index (Phi) is 5.81. The minimum absolute atomic E-state index is 0.00826. The second-order valence-electron chi connectivity index (χ2n) is 6.61. The Bertz CT molecular complexity index is 940. The molecule has 0 unspecified atom stereocenters. The predicted molar refractivity (Wildman–Crippen MR) is 108 cm³/mol. The molecular weight excluding hydrogens is 338 g/mol. The fraction of sp³-hybridized carbons (Fsp3) is 0.227. The molecule has 5 heteroatoms. The lowest BCUT2D eigenvalue weighted by Gasteiger charge is -2.23. The van der Waals surface area contributed by atoms with E-state index >= 15 is 0 Å². The van der Waals surface area contributed by atoms with Gasteiger partial charge in [0, 0.05) is 10.9 Å². The summed E-state index contributed by atoms with van der Waals surface area (Å²) in [7, 11) is 0. The Balaban J connectivity index is 1.77. The normalized spacial score (nSPS) is 13.0. The molecular formula is C22H23N3O2. The van der Waals surface area contributed by atoms with Crippen LogP contribution in [0, 0.1) is 5.92 Å². The van der Waals surface area contributed by atoms with Crippen LogP contribution in [0.1, 0.15) is 30.6 Å². The van der Waals surface area contributed by atoms with Crippen molar-refractivity contribution in [2.45, 2.75) is 26.3 Å². The third-order valence-electron chi connectivity index (χ3n) is 4.68. The van der Waals surface area contributed by atoms with Crippen molar-refractivity contribution in [3.63, 3.8) is 0 Å². The number of nitrogens with zero attached hydrogens (tertiary/aromatic N) is 1. The molecule has 1 heterocycles. The van der Waals surface area contributed by atoms with Gasteiger partial charge in [-0.05, 0) is 30.2 Å². The maximum Gasteiger partial charge on any atom is 0.251 e. The van der Waals surface area contributed by atoms with E-state index in [1.807, 2.05) is 50.2 Å². The molecule has 3 aromatic rings. The first-order valence-corrected chi connectivity index (χ1v) is 9.10. The van der Waals surface area contributed by atoms with Gasteiger partial charge < -0.3 is 10.6 Å².